The SMILES string of the molecule is CCOC(=O)c1ccnn1CC1OC(c2ccc(Cl)c(Cc3ccc(OCC)cc3)c2)C(O)C(O)C1O. The van der Waals surface area contributed by atoms with E-state index in [1.165, 1.54) is 16.9 Å². The first-order chi connectivity index (χ1) is 17.8. The molecule has 9 nitrogen and oxygen atoms in total. The smallest absolute Gasteiger partial charge is 0.356 e. The van der Waals surface area contributed by atoms with Gasteiger partial charge >= 0.3 is 5.97 Å². The molecule has 0 radical (unpaired) electrons. The quantitative estimate of drug-likeness (QED) is 0.361. The lowest BCUT2D eigenvalue weighted by Crippen LogP contribution is -2.55. The van der Waals surface area contributed by atoms with Crippen LogP contribution in [0.3, 0.4) is 0 Å². The summed E-state index contributed by atoms with van der Waals surface area (Å²) in [4.78, 5) is 12.2. The topological polar surface area (TPSA) is 123 Å². The zero-order chi connectivity index (χ0) is 26.5. The van der Waals surface area contributed by atoms with Gasteiger partial charge in [0.2, 0.25) is 0 Å². The molecule has 198 valence electrons. The van der Waals surface area contributed by atoms with E-state index in [9.17, 15) is 20.1 Å². The number of aliphatic hydroxyl groups is 3. The number of hydrogen-bond donors (Lipinski definition) is 3. The van der Waals surface area contributed by atoms with Crippen LogP contribution in [0, 0.1) is 0 Å². The molecule has 3 aromatic rings. The lowest BCUT2D eigenvalue weighted by atomic mass is 9.90. The van der Waals surface area contributed by atoms with Crippen molar-refractivity contribution in [2.75, 3.05) is 13.2 Å². The third-order valence-corrected chi connectivity index (χ3v) is 6.66. The van der Waals surface area contributed by atoms with Crippen LogP contribution in [0.4, 0.5) is 0 Å². The second-order valence-corrected chi connectivity index (χ2v) is 9.20. The Labute approximate surface area is 220 Å². The van der Waals surface area contributed by atoms with Gasteiger partial charge in [0, 0.05) is 11.2 Å². The average molecular weight is 531 g/mol. The van der Waals surface area contributed by atoms with E-state index in [0.29, 0.717) is 23.6 Å². The van der Waals surface area contributed by atoms with Crippen molar-refractivity contribution < 1.29 is 34.3 Å². The number of aromatic nitrogens is 2. The minimum atomic E-state index is -1.48. The van der Waals surface area contributed by atoms with Gasteiger partial charge in [0.25, 0.3) is 0 Å². The van der Waals surface area contributed by atoms with E-state index in [-0.39, 0.29) is 18.8 Å². The van der Waals surface area contributed by atoms with Crippen molar-refractivity contribution in [2.24, 2.45) is 0 Å². The van der Waals surface area contributed by atoms with E-state index in [4.69, 9.17) is 25.8 Å². The minimum absolute atomic E-state index is 0.0325. The van der Waals surface area contributed by atoms with E-state index in [0.717, 1.165) is 16.9 Å². The molecule has 37 heavy (non-hydrogen) atoms. The highest BCUT2D eigenvalue weighted by molar-refractivity contribution is 6.31. The number of esters is 1. The monoisotopic (exact) mass is 530 g/mol. The predicted octanol–water partition coefficient (Wildman–Crippen LogP) is 2.93. The van der Waals surface area contributed by atoms with Crippen LogP contribution in [0.1, 0.15) is 47.1 Å². The van der Waals surface area contributed by atoms with Crippen LogP contribution in [-0.2, 0) is 22.4 Å². The lowest BCUT2D eigenvalue weighted by Gasteiger charge is -2.41. The first-order valence-electron chi connectivity index (χ1n) is 12.2. The van der Waals surface area contributed by atoms with E-state index < -0.39 is 36.5 Å². The van der Waals surface area contributed by atoms with Crippen LogP contribution in [0.2, 0.25) is 5.02 Å². The molecule has 10 heteroatoms. The van der Waals surface area contributed by atoms with Crippen molar-refractivity contribution in [3.63, 3.8) is 0 Å². The second-order valence-electron chi connectivity index (χ2n) is 8.79. The number of aliphatic hydroxyl groups excluding tert-OH is 3. The molecular formula is C27H31ClN2O7. The molecule has 1 aliphatic rings. The minimum Gasteiger partial charge on any atom is -0.494 e. The molecule has 1 aliphatic heterocycles. The maximum Gasteiger partial charge on any atom is 0.356 e. The molecule has 1 fully saturated rings. The van der Waals surface area contributed by atoms with Crippen molar-refractivity contribution >= 4 is 17.6 Å². The number of nitrogens with zero attached hydrogens (tertiary/aromatic N) is 2. The largest absolute Gasteiger partial charge is 0.494 e. The Hall–Kier alpha value is -2.95. The Morgan fingerprint density at radius 3 is 2.49 bits per heavy atom. The number of carbonyl (C=O) groups is 1. The van der Waals surface area contributed by atoms with Gasteiger partial charge in [-0.25, -0.2) is 4.79 Å². The standard InChI is InChI=1S/C27H31ClN2O7/c1-3-35-19-8-5-16(6-9-19)13-18-14-17(7-10-20(18)28)26-25(33)24(32)23(31)22(37-26)15-30-21(11-12-29-30)27(34)36-4-2/h5-12,14,22-26,31-33H,3-4,13,15H2,1-2H3. The van der Waals surface area contributed by atoms with Crippen molar-refractivity contribution in [1.82, 2.24) is 9.78 Å². The van der Waals surface area contributed by atoms with Gasteiger partial charge in [-0.1, -0.05) is 35.9 Å². The Bertz CT molecular complexity index is 1200. The van der Waals surface area contributed by atoms with Crippen molar-refractivity contribution in [3.8, 4) is 5.75 Å². The number of carbonyl (C=O) groups excluding carboxylic acids is 1. The fourth-order valence-corrected chi connectivity index (χ4v) is 4.59. The summed E-state index contributed by atoms with van der Waals surface area (Å²) in [5, 5.41) is 36.7. The fourth-order valence-electron chi connectivity index (χ4n) is 4.40. The number of benzene rings is 2. The van der Waals surface area contributed by atoms with Gasteiger partial charge in [0.05, 0.1) is 19.8 Å². The van der Waals surface area contributed by atoms with Gasteiger partial charge in [0.15, 0.2) is 0 Å². The van der Waals surface area contributed by atoms with Crippen LogP contribution < -0.4 is 4.74 Å². The van der Waals surface area contributed by atoms with Crippen LogP contribution in [0.15, 0.2) is 54.7 Å². The highest BCUT2D eigenvalue weighted by Gasteiger charge is 2.44. The normalized spacial score (nSPS) is 23.6. The molecule has 2 heterocycles. The zero-order valence-corrected chi connectivity index (χ0v) is 21.4. The maximum atomic E-state index is 12.2. The van der Waals surface area contributed by atoms with Crippen LogP contribution in [-0.4, -0.2) is 68.7 Å². The molecule has 1 aromatic heterocycles. The molecule has 0 spiro atoms. The average Bonchev–Trinajstić information content (AvgIpc) is 3.35. The van der Waals surface area contributed by atoms with Crippen LogP contribution in [0.5, 0.6) is 5.75 Å². The molecular weight excluding hydrogens is 500 g/mol. The van der Waals surface area contributed by atoms with Crippen molar-refractivity contribution in [2.45, 2.75) is 57.3 Å². The molecule has 1 saturated heterocycles. The summed E-state index contributed by atoms with van der Waals surface area (Å²) in [5.41, 5.74) is 2.62. The highest BCUT2D eigenvalue weighted by Crippen LogP contribution is 2.35. The molecule has 4 rings (SSSR count). The van der Waals surface area contributed by atoms with E-state index >= 15 is 0 Å². The number of halogens is 1. The molecule has 0 aliphatic carbocycles. The lowest BCUT2D eigenvalue weighted by molar-refractivity contribution is -0.228. The second kappa shape index (κ2) is 12.1. The summed E-state index contributed by atoms with van der Waals surface area (Å²) in [6.45, 7) is 4.38. The summed E-state index contributed by atoms with van der Waals surface area (Å²) in [6, 6.07) is 14.5. The number of rotatable bonds is 9. The van der Waals surface area contributed by atoms with Gasteiger partial charge in [-0.2, -0.15) is 5.10 Å². The number of hydrogen-bond acceptors (Lipinski definition) is 8. The molecule has 0 saturated carbocycles. The van der Waals surface area contributed by atoms with Gasteiger partial charge < -0.3 is 29.5 Å². The van der Waals surface area contributed by atoms with Crippen LogP contribution >= 0.6 is 11.6 Å². The van der Waals surface area contributed by atoms with E-state index in [2.05, 4.69) is 5.10 Å². The van der Waals surface area contributed by atoms with Crippen molar-refractivity contribution in [1.29, 1.82) is 0 Å². The summed E-state index contributed by atoms with van der Waals surface area (Å²) in [6.07, 6.45) is -4.18. The molecule has 5 atom stereocenters. The fraction of sp³-hybridized carbons (Fsp3) is 0.407. The molecule has 0 amide bonds. The summed E-state index contributed by atoms with van der Waals surface area (Å²) < 4.78 is 18.0. The summed E-state index contributed by atoms with van der Waals surface area (Å²) in [7, 11) is 0. The Morgan fingerprint density at radius 2 is 1.78 bits per heavy atom. The van der Waals surface area contributed by atoms with Gasteiger partial charge in [0.1, 0.15) is 42.0 Å². The summed E-state index contributed by atoms with van der Waals surface area (Å²) in [5.74, 6) is 0.228. The molecule has 3 N–H and O–H groups in total. The Kier molecular flexibility index (Phi) is 8.83. The maximum absolute atomic E-state index is 12.2. The molecule has 2 aromatic carbocycles. The van der Waals surface area contributed by atoms with Crippen LogP contribution in [0.25, 0.3) is 0 Å². The van der Waals surface area contributed by atoms with Gasteiger partial charge in [-0.05, 0) is 61.2 Å². The Morgan fingerprint density at radius 1 is 1.03 bits per heavy atom. The van der Waals surface area contributed by atoms with Gasteiger partial charge in [-0.15, -0.1) is 0 Å². The third-order valence-electron chi connectivity index (χ3n) is 6.29. The molecule has 5 unspecified atom stereocenters. The first-order valence-corrected chi connectivity index (χ1v) is 12.6. The predicted molar refractivity (Wildman–Crippen MR) is 136 cm³/mol. The summed E-state index contributed by atoms with van der Waals surface area (Å²) >= 11 is 6.48. The third kappa shape index (κ3) is 6.14. The number of ether oxygens (including phenoxy) is 3. The first kappa shape index (κ1) is 27.1. The zero-order valence-electron chi connectivity index (χ0n) is 20.7. The highest BCUT2D eigenvalue weighted by atomic mass is 35.5. The van der Waals surface area contributed by atoms with Crippen molar-refractivity contribution in [3.05, 3.63) is 82.1 Å². The van der Waals surface area contributed by atoms with E-state index in [1.54, 1.807) is 19.1 Å². The van der Waals surface area contributed by atoms with E-state index in [1.807, 2.05) is 37.3 Å². The van der Waals surface area contributed by atoms with Gasteiger partial charge in [-0.3, -0.25) is 4.68 Å². The Balaban J connectivity index is 1.55. The molecule has 0 bridgehead atoms.